The summed E-state index contributed by atoms with van der Waals surface area (Å²) in [5.74, 6) is 3.82. The molecule has 5 fully saturated rings. The summed E-state index contributed by atoms with van der Waals surface area (Å²) < 4.78 is 26.2. The number of nitrogens with zero attached hydrogens (tertiary/aromatic N) is 1. The third-order valence-corrected chi connectivity index (χ3v) is 10.9. The maximum atomic E-state index is 12.4. The quantitative estimate of drug-likeness (QED) is 0.718. The molecule has 4 saturated carbocycles. The molecule has 1 aromatic rings. The van der Waals surface area contributed by atoms with Crippen LogP contribution in [0.15, 0.2) is 29.2 Å². The van der Waals surface area contributed by atoms with Gasteiger partial charge < -0.3 is 5.32 Å². The number of carbonyl (C=O) groups excluding carboxylic acids is 1. The van der Waals surface area contributed by atoms with Crippen LogP contribution in [0.2, 0.25) is 5.02 Å². The Balaban J connectivity index is 0.000000148. The van der Waals surface area contributed by atoms with Gasteiger partial charge in [-0.25, -0.2) is 8.42 Å². The molecule has 1 amide bonds. The Labute approximate surface area is 178 Å². The summed E-state index contributed by atoms with van der Waals surface area (Å²) in [5.41, 5.74) is 1.87. The largest absolute Gasteiger partial charge is 0.358 e. The second-order valence-electron chi connectivity index (χ2n) is 9.97. The standard InChI is InChI=1S/C12H15ClN2O3S.C10H14/c13-11-2-1-3-12(6-11)19(17,18)15-5-4-10(8-15)7-14-9-16;1-9-4-7-2-6-3-8(5-9)10(6,7)9/h1-3,6,9-10H,4-5,7-8H2,(H,14,16);6-8H,2-5H2,1H3. The SMILES string of the molecule is CC12CC3CC4CC(C1)C432.O=CNCC1CCN(S(=O)(=O)c2cccc(Cl)c2)C1. The van der Waals surface area contributed by atoms with Crippen molar-refractivity contribution >= 4 is 28.0 Å². The summed E-state index contributed by atoms with van der Waals surface area (Å²) >= 11 is 5.82. The van der Waals surface area contributed by atoms with Crippen molar-refractivity contribution < 1.29 is 13.2 Å². The van der Waals surface area contributed by atoms with Gasteiger partial charge in [0.05, 0.1) is 4.90 Å². The monoisotopic (exact) mass is 436 g/mol. The molecular weight excluding hydrogens is 408 g/mol. The van der Waals surface area contributed by atoms with E-state index in [2.05, 4.69) is 12.2 Å². The normalized spacial score (nSPS) is 41.2. The van der Waals surface area contributed by atoms with E-state index in [1.807, 2.05) is 0 Å². The molecule has 6 rings (SSSR count). The van der Waals surface area contributed by atoms with E-state index in [1.165, 1.54) is 34.2 Å². The molecule has 0 aromatic heterocycles. The van der Waals surface area contributed by atoms with Crippen molar-refractivity contribution in [2.45, 2.75) is 43.9 Å². The third-order valence-electron chi connectivity index (χ3n) is 8.78. The molecule has 1 N–H and O–H groups in total. The molecule has 3 unspecified atom stereocenters. The zero-order valence-electron chi connectivity index (χ0n) is 16.8. The fourth-order valence-corrected chi connectivity index (χ4v) is 9.49. The Morgan fingerprint density at radius 2 is 1.97 bits per heavy atom. The van der Waals surface area contributed by atoms with E-state index in [0.29, 0.717) is 31.1 Å². The van der Waals surface area contributed by atoms with E-state index in [9.17, 15) is 13.2 Å². The molecule has 1 heterocycles. The lowest BCUT2D eigenvalue weighted by atomic mass is 9.14. The van der Waals surface area contributed by atoms with Gasteiger partial charge in [0.2, 0.25) is 16.4 Å². The van der Waals surface area contributed by atoms with Crippen LogP contribution in [0, 0.1) is 34.5 Å². The number of hydrogen-bond acceptors (Lipinski definition) is 3. The minimum atomic E-state index is -3.49. The van der Waals surface area contributed by atoms with Gasteiger partial charge in [-0.1, -0.05) is 24.6 Å². The smallest absolute Gasteiger partial charge is 0.243 e. The number of carbonyl (C=O) groups is 1. The van der Waals surface area contributed by atoms with Gasteiger partial charge in [0, 0.05) is 24.7 Å². The summed E-state index contributed by atoms with van der Waals surface area (Å²) in [6.07, 6.45) is 7.81. The lowest BCUT2D eigenvalue weighted by molar-refractivity contribution is -0.425. The first kappa shape index (κ1) is 19.8. The predicted molar refractivity (Wildman–Crippen MR) is 112 cm³/mol. The summed E-state index contributed by atoms with van der Waals surface area (Å²) in [7, 11) is -3.49. The van der Waals surface area contributed by atoms with E-state index in [1.54, 1.807) is 37.8 Å². The van der Waals surface area contributed by atoms with Crippen molar-refractivity contribution in [3.05, 3.63) is 29.3 Å². The number of sulfonamides is 1. The highest BCUT2D eigenvalue weighted by Gasteiger charge is 2.85. The van der Waals surface area contributed by atoms with E-state index < -0.39 is 10.0 Å². The molecule has 0 bridgehead atoms. The number of amides is 1. The van der Waals surface area contributed by atoms with E-state index in [4.69, 9.17) is 11.6 Å². The van der Waals surface area contributed by atoms with Crippen LogP contribution in [0.25, 0.3) is 0 Å². The Kier molecular flexibility index (Phi) is 4.58. The van der Waals surface area contributed by atoms with Gasteiger partial charge in [-0.05, 0) is 84.8 Å². The third kappa shape index (κ3) is 2.68. The van der Waals surface area contributed by atoms with E-state index in [-0.39, 0.29) is 10.8 Å². The van der Waals surface area contributed by atoms with Crippen LogP contribution in [0.3, 0.4) is 0 Å². The molecule has 7 heteroatoms. The summed E-state index contributed by atoms with van der Waals surface area (Å²) in [6.45, 7) is 3.95. The fraction of sp³-hybridized carbons (Fsp3) is 0.682. The van der Waals surface area contributed by atoms with Gasteiger partial charge in [0.25, 0.3) is 0 Å². The molecule has 0 radical (unpaired) electrons. The van der Waals surface area contributed by atoms with Crippen molar-refractivity contribution in [3.63, 3.8) is 0 Å². The maximum absolute atomic E-state index is 12.4. The number of rotatable bonds is 5. The molecule has 1 aliphatic heterocycles. The van der Waals surface area contributed by atoms with E-state index in [0.717, 1.165) is 17.3 Å². The lowest BCUT2D eigenvalue weighted by Gasteiger charge is -2.91. The highest BCUT2D eigenvalue weighted by atomic mass is 35.5. The fourth-order valence-electron chi connectivity index (χ4n) is 7.66. The minimum Gasteiger partial charge on any atom is -0.358 e. The van der Waals surface area contributed by atoms with Crippen LogP contribution >= 0.6 is 11.6 Å². The number of nitrogens with one attached hydrogen (secondary N) is 1. The highest BCUT2D eigenvalue weighted by molar-refractivity contribution is 7.89. The number of hydrogen-bond donors (Lipinski definition) is 1. The van der Waals surface area contributed by atoms with Crippen LogP contribution in [0.4, 0.5) is 0 Å². The van der Waals surface area contributed by atoms with Crippen LogP contribution in [0.5, 0.6) is 0 Å². The molecule has 4 aliphatic carbocycles. The molecular formula is C22H29ClN2O3S. The van der Waals surface area contributed by atoms with Crippen LogP contribution in [-0.2, 0) is 14.8 Å². The topological polar surface area (TPSA) is 66.5 Å². The summed E-state index contributed by atoms with van der Waals surface area (Å²) in [4.78, 5) is 10.5. The zero-order chi connectivity index (χ0) is 20.4. The van der Waals surface area contributed by atoms with E-state index >= 15 is 0 Å². The first-order valence-electron chi connectivity index (χ1n) is 10.7. The minimum absolute atomic E-state index is 0.166. The molecule has 1 spiro atoms. The first-order chi connectivity index (χ1) is 13.8. The molecule has 3 atom stereocenters. The van der Waals surface area contributed by atoms with Crippen LogP contribution in [0.1, 0.15) is 39.0 Å². The average molecular weight is 437 g/mol. The second-order valence-corrected chi connectivity index (χ2v) is 12.3. The Morgan fingerprint density at radius 1 is 1.24 bits per heavy atom. The highest BCUT2D eigenvalue weighted by Crippen LogP contribution is 2.92. The molecule has 1 aromatic carbocycles. The second kappa shape index (κ2) is 6.69. The molecule has 29 heavy (non-hydrogen) atoms. The molecule has 5 aliphatic rings. The Hall–Kier alpha value is -1.11. The van der Waals surface area contributed by atoms with Crippen molar-refractivity contribution in [1.82, 2.24) is 9.62 Å². The van der Waals surface area contributed by atoms with Crippen molar-refractivity contribution in [2.75, 3.05) is 19.6 Å². The molecule has 1 saturated heterocycles. The lowest BCUT2D eigenvalue weighted by Crippen LogP contribution is -2.84. The van der Waals surface area contributed by atoms with Gasteiger partial charge in [-0.15, -0.1) is 0 Å². The zero-order valence-corrected chi connectivity index (χ0v) is 18.4. The first-order valence-corrected chi connectivity index (χ1v) is 12.6. The molecule has 158 valence electrons. The van der Waals surface area contributed by atoms with Gasteiger partial charge in [-0.3, -0.25) is 4.79 Å². The predicted octanol–water partition coefficient (Wildman–Crippen LogP) is 3.54. The Morgan fingerprint density at radius 3 is 2.48 bits per heavy atom. The molecule has 5 nitrogen and oxygen atoms in total. The van der Waals surface area contributed by atoms with Crippen LogP contribution < -0.4 is 5.32 Å². The number of benzene rings is 1. The average Bonchev–Trinajstić information content (AvgIpc) is 3.12. The van der Waals surface area contributed by atoms with Gasteiger partial charge in [0.1, 0.15) is 0 Å². The summed E-state index contributed by atoms with van der Waals surface area (Å²) in [6, 6.07) is 6.25. The van der Waals surface area contributed by atoms with Crippen molar-refractivity contribution in [3.8, 4) is 0 Å². The summed E-state index contributed by atoms with van der Waals surface area (Å²) in [5, 5.41) is 2.99. The van der Waals surface area contributed by atoms with Gasteiger partial charge in [0.15, 0.2) is 0 Å². The maximum Gasteiger partial charge on any atom is 0.243 e. The number of halogens is 1. The van der Waals surface area contributed by atoms with Gasteiger partial charge in [-0.2, -0.15) is 4.31 Å². The van der Waals surface area contributed by atoms with Crippen molar-refractivity contribution in [1.29, 1.82) is 0 Å². The Bertz CT molecular complexity index is 908. The van der Waals surface area contributed by atoms with Gasteiger partial charge >= 0.3 is 0 Å². The van der Waals surface area contributed by atoms with Crippen molar-refractivity contribution in [2.24, 2.45) is 34.5 Å². The van der Waals surface area contributed by atoms with Crippen LogP contribution in [-0.4, -0.2) is 38.8 Å².